The highest BCUT2D eigenvalue weighted by Gasteiger charge is 2.32. The highest BCUT2D eigenvalue weighted by Crippen LogP contribution is 2.36. The number of rotatable bonds is 6. The molecule has 0 spiro atoms. The average Bonchev–Trinajstić information content (AvgIpc) is 3.16. The van der Waals surface area contributed by atoms with Crippen LogP contribution in [0, 0.1) is 5.92 Å². The van der Waals surface area contributed by atoms with Gasteiger partial charge in [0.2, 0.25) is 0 Å². The molecule has 0 saturated heterocycles. The summed E-state index contributed by atoms with van der Waals surface area (Å²) >= 11 is 0. The minimum absolute atomic E-state index is 0.168. The van der Waals surface area contributed by atoms with Crippen molar-refractivity contribution in [3.63, 3.8) is 0 Å². The van der Waals surface area contributed by atoms with Gasteiger partial charge in [0.05, 0.1) is 12.3 Å². The molecule has 19 heavy (non-hydrogen) atoms. The number of nitrogens with one attached hydrogen (secondary N) is 1. The van der Waals surface area contributed by atoms with E-state index in [0.717, 1.165) is 11.7 Å². The molecule has 2 unspecified atom stereocenters. The van der Waals surface area contributed by atoms with Gasteiger partial charge in [0.1, 0.15) is 5.76 Å². The zero-order chi connectivity index (χ0) is 13.1. The lowest BCUT2D eigenvalue weighted by atomic mass is 10.0. The minimum Gasteiger partial charge on any atom is -0.467 e. The molecule has 0 bridgehead atoms. The van der Waals surface area contributed by atoms with Gasteiger partial charge in [0, 0.05) is 6.04 Å². The maximum atomic E-state index is 5.63. The molecule has 1 aromatic carbocycles. The van der Waals surface area contributed by atoms with Gasteiger partial charge in [-0.3, -0.25) is 0 Å². The zero-order valence-corrected chi connectivity index (χ0v) is 11.4. The molecule has 1 N–H and O–H groups in total. The maximum Gasteiger partial charge on any atom is 0.125 e. The first kappa shape index (κ1) is 12.5. The molecule has 100 valence electrons. The second-order valence-corrected chi connectivity index (χ2v) is 5.38. The summed E-state index contributed by atoms with van der Waals surface area (Å²) in [4.78, 5) is 0. The Hall–Kier alpha value is -1.54. The topological polar surface area (TPSA) is 25.2 Å². The third-order valence-electron chi connectivity index (χ3n) is 3.97. The van der Waals surface area contributed by atoms with Crippen molar-refractivity contribution in [2.45, 2.75) is 38.3 Å². The van der Waals surface area contributed by atoms with E-state index in [2.05, 4.69) is 48.6 Å². The van der Waals surface area contributed by atoms with E-state index in [0.29, 0.717) is 6.04 Å². The van der Waals surface area contributed by atoms with Gasteiger partial charge in [-0.1, -0.05) is 37.3 Å². The van der Waals surface area contributed by atoms with Crippen LogP contribution in [0.4, 0.5) is 0 Å². The predicted molar refractivity (Wildman–Crippen MR) is 76.9 cm³/mol. The lowest BCUT2D eigenvalue weighted by Gasteiger charge is -2.24. The largest absolute Gasteiger partial charge is 0.467 e. The Bertz CT molecular complexity index is 487. The maximum absolute atomic E-state index is 5.63. The van der Waals surface area contributed by atoms with Gasteiger partial charge in [-0.15, -0.1) is 0 Å². The zero-order valence-electron chi connectivity index (χ0n) is 11.4. The third kappa shape index (κ3) is 2.90. The summed E-state index contributed by atoms with van der Waals surface area (Å²) in [6, 6.07) is 15.4. The molecule has 3 rings (SSSR count). The van der Waals surface area contributed by atoms with E-state index in [1.54, 1.807) is 6.26 Å². The molecule has 2 nitrogen and oxygen atoms in total. The van der Waals surface area contributed by atoms with E-state index in [4.69, 9.17) is 4.42 Å². The Morgan fingerprint density at radius 2 is 1.95 bits per heavy atom. The SMILES string of the molecule is CCC(NC(c1ccccc1)c1ccco1)C1CC1. The van der Waals surface area contributed by atoms with Crippen LogP contribution in [0.1, 0.15) is 43.6 Å². The molecule has 0 aliphatic heterocycles. The normalized spacial score (nSPS) is 18.2. The summed E-state index contributed by atoms with van der Waals surface area (Å²) < 4.78 is 5.63. The van der Waals surface area contributed by atoms with Crippen molar-refractivity contribution >= 4 is 0 Å². The number of hydrogen-bond donors (Lipinski definition) is 1. The Morgan fingerprint density at radius 1 is 1.16 bits per heavy atom. The molecule has 1 aliphatic rings. The van der Waals surface area contributed by atoms with Gasteiger partial charge in [-0.05, 0) is 42.9 Å². The smallest absolute Gasteiger partial charge is 0.125 e. The molecule has 1 aromatic heterocycles. The molecule has 0 amide bonds. The van der Waals surface area contributed by atoms with E-state index in [9.17, 15) is 0 Å². The van der Waals surface area contributed by atoms with Crippen LogP contribution in [-0.4, -0.2) is 6.04 Å². The van der Waals surface area contributed by atoms with Crippen molar-refractivity contribution in [1.82, 2.24) is 5.32 Å². The fraction of sp³-hybridized carbons (Fsp3) is 0.412. The van der Waals surface area contributed by atoms with E-state index in [-0.39, 0.29) is 6.04 Å². The number of hydrogen-bond acceptors (Lipinski definition) is 2. The molecule has 1 fully saturated rings. The summed E-state index contributed by atoms with van der Waals surface area (Å²) in [5, 5.41) is 3.79. The first-order valence-electron chi connectivity index (χ1n) is 7.23. The fourth-order valence-electron chi connectivity index (χ4n) is 2.74. The van der Waals surface area contributed by atoms with Crippen molar-refractivity contribution in [3.8, 4) is 0 Å². The molecular formula is C17H21NO. The van der Waals surface area contributed by atoms with Crippen LogP contribution in [0.2, 0.25) is 0 Å². The third-order valence-corrected chi connectivity index (χ3v) is 3.97. The van der Waals surface area contributed by atoms with E-state index in [1.165, 1.54) is 24.8 Å². The van der Waals surface area contributed by atoms with Crippen molar-refractivity contribution in [2.24, 2.45) is 5.92 Å². The fourth-order valence-corrected chi connectivity index (χ4v) is 2.74. The minimum atomic E-state index is 0.168. The summed E-state index contributed by atoms with van der Waals surface area (Å²) in [7, 11) is 0. The van der Waals surface area contributed by atoms with Gasteiger partial charge in [-0.2, -0.15) is 0 Å². The van der Waals surface area contributed by atoms with Crippen LogP contribution in [0.3, 0.4) is 0 Å². The van der Waals surface area contributed by atoms with Crippen LogP contribution in [0.25, 0.3) is 0 Å². The van der Waals surface area contributed by atoms with Gasteiger partial charge < -0.3 is 9.73 Å². The second kappa shape index (κ2) is 5.62. The van der Waals surface area contributed by atoms with Gasteiger partial charge >= 0.3 is 0 Å². The second-order valence-electron chi connectivity index (χ2n) is 5.38. The summed E-state index contributed by atoms with van der Waals surface area (Å²) in [6.45, 7) is 2.26. The number of furan rings is 1. The Kier molecular flexibility index (Phi) is 3.69. The molecule has 2 atom stereocenters. The lowest BCUT2D eigenvalue weighted by molar-refractivity contribution is 0.374. The Labute approximate surface area is 114 Å². The van der Waals surface area contributed by atoms with Crippen molar-refractivity contribution in [3.05, 3.63) is 60.1 Å². The van der Waals surface area contributed by atoms with Crippen LogP contribution >= 0.6 is 0 Å². The summed E-state index contributed by atoms with van der Waals surface area (Å²) in [6.07, 6.45) is 5.66. The highest BCUT2D eigenvalue weighted by atomic mass is 16.3. The van der Waals surface area contributed by atoms with E-state index >= 15 is 0 Å². The first-order valence-corrected chi connectivity index (χ1v) is 7.23. The molecule has 1 saturated carbocycles. The summed E-state index contributed by atoms with van der Waals surface area (Å²) in [5.74, 6) is 1.86. The van der Waals surface area contributed by atoms with Gasteiger partial charge in [-0.25, -0.2) is 0 Å². The van der Waals surface area contributed by atoms with E-state index < -0.39 is 0 Å². The van der Waals surface area contributed by atoms with Crippen molar-refractivity contribution < 1.29 is 4.42 Å². The van der Waals surface area contributed by atoms with Crippen molar-refractivity contribution in [2.75, 3.05) is 0 Å². The van der Waals surface area contributed by atoms with Crippen LogP contribution in [0.5, 0.6) is 0 Å². The van der Waals surface area contributed by atoms with Crippen LogP contribution < -0.4 is 5.32 Å². The molecule has 1 aliphatic carbocycles. The highest BCUT2D eigenvalue weighted by molar-refractivity contribution is 5.26. The van der Waals surface area contributed by atoms with E-state index in [1.807, 2.05) is 6.07 Å². The monoisotopic (exact) mass is 255 g/mol. The molecule has 1 heterocycles. The molecule has 0 radical (unpaired) electrons. The van der Waals surface area contributed by atoms with Gasteiger partial charge in [0.15, 0.2) is 0 Å². The van der Waals surface area contributed by atoms with Crippen molar-refractivity contribution in [1.29, 1.82) is 0 Å². The van der Waals surface area contributed by atoms with Gasteiger partial charge in [0.25, 0.3) is 0 Å². The lowest BCUT2D eigenvalue weighted by Crippen LogP contribution is -2.34. The predicted octanol–water partition coefficient (Wildman–Crippen LogP) is 4.15. The number of benzene rings is 1. The van der Waals surface area contributed by atoms with Crippen LogP contribution in [0.15, 0.2) is 53.1 Å². The molecule has 2 aromatic rings. The quantitative estimate of drug-likeness (QED) is 0.839. The van der Waals surface area contributed by atoms with Crippen LogP contribution in [-0.2, 0) is 0 Å². The Balaban J connectivity index is 1.84. The molecule has 2 heteroatoms. The Morgan fingerprint density at radius 3 is 2.53 bits per heavy atom. The first-order chi connectivity index (χ1) is 9.38. The molecular weight excluding hydrogens is 234 g/mol. The average molecular weight is 255 g/mol. The standard InChI is InChI=1S/C17H21NO/c1-2-15(13-10-11-13)18-17(16-9-6-12-19-16)14-7-4-3-5-8-14/h3-9,12-13,15,17-18H,2,10-11H2,1H3. The summed E-state index contributed by atoms with van der Waals surface area (Å²) in [5.41, 5.74) is 1.27.